The van der Waals surface area contributed by atoms with E-state index in [1.807, 2.05) is 31.2 Å². The van der Waals surface area contributed by atoms with Gasteiger partial charge < -0.3 is 24.5 Å². The van der Waals surface area contributed by atoms with Crippen LogP contribution >= 0.6 is 0 Å². The minimum absolute atomic E-state index is 0.0295. The van der Waals surface area contributed by atoms with Gasteiger partial charge >= 0.3 is 7.12 Å². The number of fused-ring (bicyclic) bond motifs is 1. The molecule has 2 heterocycles. The summed E-state index contributed by atoms with van der Waals surface area (Å²) in [6.07, 6.45) is 3.39. The first kappa shape index (κ1) is 18.9. The molecular weight excluding hydrogens is 347 g/mol. The van der Waals surface area contributed by atoms with Gasteiger partial charge in [0.05, 0.1) is 31.4 Å². The molecule has 2 aromatic heterocycles. The van der Waals surface area contributed by atoms with Gasteiger partial charge in [0.25, 0.3) is 0 Å². The maximum atomic E-state index is 12.3. The Bertz CT molecular complexity index is 895. The molecule has 0 aliphatic carbocycles. The highest BCUT2D eigenvalue weighted by Gasteiger charge is 2.27. The second kappa shape index (κ2) is 8.70. The van der Waals surface area contributed by atoms with E-state index in [0.717, 1.165) is 10.9 Å². The van der Waals surface area contributed by atoms with E-state index in [4.69, 9.17) is 9.15 Å². The number of ether oxygens (including phenoxy) is 1. The number of pyridine rings is 1. The van der Waals surface area contributed by atoms with Gasteiger partial charge in [0.15, 0.2) is 0 Å². The Morgan fingerprint density at radius 1 is 1.30 bits per heavy atom. The number of benzene rings is 1. The van der Waals surface area contributed by atoms with Crippen molar-refractivity contribution in [3.05, 3.63) is 60.1 Å². The quantitative estimate of drug-likeness (QED) is 0.521. The van der Waals surface area contributed by atoms with Gasteiger partial charge in [-0.15, -0.1) is 0 Å². The molecule has 8 heteroatoms. The van der Waals surface area contributed by atoms with E-state index < -0.39 is 13.1 Å². The molecule has 1 atom stereocenters. The van der Waals surface area contributed by atoms with Gasteiger partial charge in [-0.3, -0.25) is 9.78 Å². The summed E-state index contributed by atoms with van der Waals surface area (Å²) in [6.45, 7) is 2.42. The van der Waals surface area contributed by atoms with Crippen molar-refractivity contribution in [3.63, 3.8) is 0 Å². The summed E-state index contributed by atoms with van der Waals surface area (Å²) in [5, 5.41) is 22.9. The van der Waals surface area contributed by atoms with E-state index >= 15 is 0 Å². The van der Waals surface area contributed by atoms with Crippen molar-refractivity contribution < 1.29 is 24.0 Å². The summed E-state index contributed by atoms with van der Waals surface area (Å²) in [5.41, 5.74) is 2.07. The molecule has 140 valence electrons. The highest BCUT2D eigenvalue weighted by molar-refractivity contribution is 6.43. The first-order chi connectivity index (χ1) is 13.1. The topological polar surface area (TPSA) is 105 Å². The van der Waals surface area contributed by atoms with Gasteiger partial charge in [-0.25, -0.2) is 0 Å². The standard InChI is InChI=1S/C19H21BN2O5/c1-2-26-15-8-7-14(21-11-15)10-19(23)22-18(20(24)25)9-13-12-27-17-6-4-3-5-16(13)17/h3-8,11-12,18,24-25H,2,9-10H2,1H3,(H,22,23). The van der Waals surface area contributed by atoms with Crippen molar-refractivity contribution in [2.24, 2.45) is 0 Å². The fourth-order valence-corrected chi connectivity index (χ4v) is 2.85. The van der Waals surface area contributed by atoms with Gasteiger partial charge in [-0.05, 0) is 37.1 Å². The number of hydrogen-bond donors (Lipinski definition) is 3. The fraction of sp³-hybridized carbons (Fsp3) is 0.263. The third kappa shape index (κ3) is 4.87. The molecule has 1 unspecified atom stereocenters. The molecule has 0 aliphatic heterocycles. The monoisotopic (exact) mass is 368 g/mol. The summed E-state index contributed by atoms with van der Waals surface area (Å²) in [6, 6.07) is 10.9. The zero-order valence-corrected chi connectivity index (χ0v) is 15.0. The van der Waals surface area contributed by atoms with Crippen LogP contribution in [0.1, 0.15) is 18.2 Å². The zero-order chi connectivity index (χ0) is 19.2. The van der Waals surface area contributed by atoms with Crippen LogP contribution in [0.4, 0.5) is 0 Å². The van der Waals surface area contributed by atoms with Crippen LogP contribution in [0.5, 0.6) is 5.75 Å². The minimum atomic E-state index is -1.70. The Balaban J connectivity index is 1.64. The van der Waals surface area contributed by atoms with E-state index in [1.54, 1.807) is 24.6 Å². The maximum Gasteiger partial charge on any atom is 0.475 e. The highest BCUT2D eigenvalue weighted by Crippen LogP contribution is 2.22. The van der Waals surface area contributed by atoms with E-state index in [1.165, 1.54) is 0 Å². The average Bonchev–Trinajstić information content (AvgIpc) is 3.06. The number of rotatable bonds is 8. The normalized spacial score (nSPS) is 12.0. The second-order valence-electron chi connectivity index (χ2n) is 6.14. The van der Waals surface area contributed by atoms with Crippen LogP contribution in [0.3, 0.4) is 0 Å². The molecule has 0 spiro atoms. The van der Waals surface area contributed by atoms with Gasteiger partial charge in [-0.1, -0.05) is 18.2 Å². The van der Waals surface area contributed by atoms with Crippen molar-refractivity contribution in [1.82, 2.24) is 10.3 Å². The van der Waals surface area contributed by atoms with E-state index in [0.29, 0.717) is 23.6 Å². The number of carbonyl (C=O) groups excluding carboxylic acids is 1. The number of amides is 1. The van der Waals surface area contributed by atoms with Crippen LogP contribution < -0.4 is 10.1 Å². The first-order valence-electron chi connectivity index (χ1n) is 8.75. The number of nitrogens with one attached hydrogen (secondary N) is 1. The Morgan fingerprint density at radius 3 is 2.81 bits per heavy atom. The average molecular weight is 368 g/mol. The van der Waals surface area contributed by atoms with Crippen molar-refractivity contribution in [2.45, 2.75) is 25.7 Å². The molecule has 27 heavy (non-hydrogen) atoms. The van der Waals surface area contributed by atoms with Gasteiger partial charge in [0.2, 0.25) is 5.91 Å². The van der Waals surface area contributed by atoms with Crippen LogP contribution in [-0.4, -0.2) is 40.6 Å². The molecule has 3 aromatic rings. The summed E-state index contributed by atoms with van der Waals surface area (Å²) < 4.78 is 10.8. The maximum absolute atomic E-state index is 12.3. The number of carbonyl (C=O) groups is 1. The summed E-state index contributed by atoms with van der Waals surface area (Å²) in [4.78, 5) is 16.5. The van der Waals surface area contributed by atoms with Gasteiger partial charge in [0, 0.05) is 11.1 Å². The molecule has 0 radical (unpaired) electrons. The third-order valence-corrected chi connectivity index (χ3v) is 4.16. The number of furan rings is 1. The van der Waals surface area contributed by atoms with Crippen molar-refractivity contribution in [1.29, 1.82) is 0 Å². The molecule has 0 aliphatic rings. The highest BCUT2D eigenvalue weighted by atomic mass is 16.5. The van der Waals surface area contributed by atoms with Gasteiger partial charge in [-0.2, -0.15) is 0 Å². The molecule has 3 rings (SSSR count). The van der Waals surface area contributed by atoms with E-state index in [2.05, 4.69) is 10.3 Å². The Morgan fingerprint density at radius 2 is 2.11 bits per heavy atom. The predicted octanol–water partition coefficient (Wildman–Crippen LogP) is 1.51. The SMILES string of the molecule is CCOc1ccc(CC(=O)NC(Cc2coc3ccccc23)B(O)O)nc1. The fourth-order valence-electron chi connectivity index (χ4n) is 2.85. The van der Waals surface area contributed by atoms with Crippen LogP contribution in [-0.2, 0) is 17.6 Å². The number of aromatic nitrogens is 1. The second-order valence-corrected chi connectivity index (χ2v) is 6.14. The Kier molecular flexibility index (Phi) is 6.10. The van der Waals surface area contributed by atoms with Crippen LogP contribution in [0.2, 0.25) is 0 Å². The lowest BCUT2D eigenvalue weighted by molar-refractivity contribution is -0.120. The first-order valence-corrected chi connectivity index (χ1v) is 8.75. The van der Waals surface area contributed by atoms with E-state index in [-0.39, 0.29) is 18.7 Å². The third-order valence-electron chi connectivity index (χ3n) is 4.16. The molecule has 0 fully saturated rings. The number of hydrogen-bond acceptors (Lipinski definition) is 6. The molecule has 1 amide bonds. The Labute approximate surface area is 157 Å². The van der Waals surface area contributed by atoms with Crippen LogP contribution in [0.25, 0.3) is 11.0 Å². The molecule has 1 aromatic carbocycles. The molecule has 0 bridgehead atoms. The van der Waals surface area contributed by atoms with Crippen molar-refractivity contribution in [2.75, 3.05) is 6.61 Å². The van der Waals surface area contributed by atoms with Gasteiger partial charge in [0.1, 0.15) is 11.3 Å². The number of nitrogens with zero attached hydrogens (tertiary/aromatic N) is 1. The van der Waals surface area contributed by atoms with Crippen LogP contribution in [0.15, 0.2) is 53.3 Å². The lowest BCUT2D eigenvalue weighted by atomic mass is 9.76. The van der Waals surface area contributed by atoms with E-state index in [9.17, 15) is 14.8 Å². The largest absolute Gasteiger partial charge is 0.492 e. The minimum Gasteiger partial charge on any atom is -0.492 e. The molecule has 3 N–H and O–H groups in total. The lowest BCUT2D eigenvalue weighted by Gasteiger charge is -2.17. The zero-order valence-electron chi connectivity index (χ0n) is 15.0. The predicted molar refractivity (Wildman–Crippen MR) is 101 cm³/mol. The summed E-state index contributed by atoms with van der Waals surface area (Å²) >= 11 is 0. The van der Waals surface area contributed by atoms with Crippen molar-refractivity contribution >= 4 is 24.0 Å². The lowest BCUT2D eigenvalue weighted by Crippen LogP contribution is -2.48. The molecular formula is C19H21BN2O5. The molecule has 0 saturated carbocycles. The molecule has 7 nitrogen and oxygen atoms in total. The smallest absolute Gasteiger partial charge is 0.475 e. The van der Waals surface area contributed by atoms with Crippen molar-refractivity contribution in [3.8, 4) is 5.75 Å². The Hall–Kier alpha value is -2.84. The number of para-hydroxylation sites is 1. The van der Waals surface area contributed by atoms with Crippen LogP contribution in [0, 0.1) is 0 Å². The summed E-state index contributed by atoms with van der Waals surface area (Å²) in [5.74, 6) is -0.573. The summed E-state index contributed by atoms with van der Waals surface area (Å²) in [7, 11) is -1.70. The molecule has 0 saturated heterocycles.